The van der Waals surface area contributed by atoms with Gasteiger partial charge < -0.3 is 15.0 Å². The first kappa shape index (κ1) is 15.3. The van der Waals surface area contributed by atoms with Crippen LogP contribution < -0.4 is 5.32 Å². The average Bonchev–Trinajstić information content (AvgIpc) is 2.97. The molecule has 0 bridgehead atoms. The monoisotopic (exact) mass is 287 g/mol. The lowest BCUT2D eigenvalue weighted by atomic mass is 9.89. The Hall–Kier alpha value is -2.14. The van der Waals surface area contributed by atoms with Gasteiger partial charge in [0.05, 0.1) is 11.7 Å². The SMILES string of the molecule is CC(C)(C)C(O)CNC(=O)c1ccc(-n2cccc2)nc1. The van der Waals surface area contributed by atoms with E-state index in [4.69, 9.17) is 0 Å². The number of hydrogen-bond donors (Lipinski definition) is 2. The van der Waals surface area contributed by atoms with Crippen LogP contribution in [-0.4, -0.2) is 33.2 Å². The molecule has 21 heavy (non-hydrogen) atoms. The number of amides is 1. The van der Waals surface area contributed by atoms with Crippen LogP contribution in [0.5, 0.6) is 0 Å². The third kappa shape index (κ3) is 3.92. The lowest BCUT2D eigenvalue weighted by Gasteiger charge is -2.25. The summed E-state index contributed by atoms with van der Waals surface area (Å²) in [6, 6.07) is 7.34. The maximum Gasteiger partial charge on any atom is 0.252 e. The molecule has 2 aromatic rings. The van der Waals surface area contributed by atoms with E-state index < -0.39 is 6.10 Å². The fourth-order valence-corrected chi connectivity index (χ4v) is 1.76. The first-order valence-corrected chi connectivity index (χ1v) is 6.93. The summed E-state index contributed by atoms with van der Waals surface area (Å²) in [5.74, 6) is 0.524. The summed E-state index contributed by atoms with van der Waals surface area (Å²) >= 11 is 0. The summed E-state index contributed by atoms with van der Waals surface area (Å²) in [6.07, 6.45) is 4.73. The summed E-state index contributed by atoms with van der Waals surface area (Å²) in [5, 5.41) is 12.6. The number of aliphatic hydroxyl groups excluding tert-OH is 1. The largest absolute Gasteiger partial charge is 0.391 e. The highest BCUT2D eigenvalue weighted by Gasteiger charge is 2.22. The molecule has 0 aliphatic carbocycles. The van der Waals surface area contributed by atoms with Crippen LogP contribution in [0.2, 0.25) is 0 Å². The Bertz CT molecular complexity index is 583. The number of carbonyl (C=O) groups excluding carboxylic acids is 1. The zero-order chi connectivity index (χ0) is 15.5. The smallest absolute Gasteiger partial charge is 0.252 e. The van der Waals surface area contributed by atoms with Gasteiger partial charge in [-0.25, -0.2) is 4.98 Å². The molecule has 0 saturated heterocycles. The van der Waals surface area contributed by atoms with E-state index in [2.05, 4.69) is 10.3 Å². The number of pyridine rings is 1. The lowest BCUT2D eigenvalue weighted by molar-refractivity contribution is 0.0587. The molecule has 2 heterocycles. The minimum absolute atomic E-state index is 0.224. The molecule has 0 aliphatic rings. The van der Waals surface area contributed by atoms with Crippen molar-refractivity contribution in [1.29, 1.82) is 0 Å². The van der Waals surface area contributed by atoms with Gasteiger partial charge in [0.15, 0.2) is 0 Å². The fourth-order valence-electron chi connectivity index (χ4n) is 1.76. The van der Waals surface area contributed by atoms with E-state index in [1.807, 2.05) is 49.9 Å². The van der Waals surface area contributed by atoms with Crippen molar-refractivity contribution in [3.8, 4) is 5.82 Å². The van der Waals surface area contributed by atoms with Crippen molar-refractivity contribution in [3.63, 3.8) is 0 Å². The topological polar surface area (TPSA) is 67.2 Å². The Labute approximate surface area is 124 Å². The van der Waals surface area contributed by atoms with Gasteiger partial charge in [-0.05, 0) is 29.7 Å². The quantitative estimate of drug-likeness (QED) is 0.904. The molecule has 112 valence electrons. The molecule has 0 fully saturated rings. The van der Waals surface area contributed by atoms with Crippen molar-refractivity contribution < 1.29 is 9.90 Å². The zero-order valence-electron chi connectivity index (χ0n) is 12.6. The molecule has 1 atom stereocenters. The van der Waals surface area contributed by atoms with Gasteiger partial charge in [0.25, 0.3) is 5.91 Å². The Kier molecular flexibility index (Phi) is 4.43. The van der Waals surface area contributed by atoms with Crippen molar-refractivity contribution in [2.45, 2.75) is 26.9 Å². The number of carbonyl (C=O) groups is 1. The third-order valence-electron chi connectivity index (χ3n) is 3.33. The van der Waals surface area contributed by atoms with Crippen molar-refractivity contribution in [3.05, 3.63) is 48.4 Å². The number of nitrogens with one attached hydrogen (secondary N) is 1. The molecule has 0 aromatic carbocycles. The minimum atomic E-state index is -0.589. The number of nitrogens with zero attached hydrogens (tertiary/aromatic N) is 2. The second-order valence-corrected chi connectivity index (χ2v) is 6.09. The molecule has 1 amide bonds. The van der Waals surface area contributed by atoms with Gasteiger partial charge in [-0.15, -0.1) is 0 Å². The van der Waals surface area contributed by atoms with E-state index in [1.165, 1.54) is 6.20 Å². The van der Waals surface area contributed by atoms with Crippen molar-refractivity contribution >= 4 is 5.91 Å². The standard InChI is InChI=1S/C16H21N3O2/c1-16(2,3)13(20)11-18-15(21)12-6-7-14(17-10-12)19-8-4-5-9-19/h4-10,13,20H,11H2,1-3H3,(H,18,21). The van der Waals surface area contributed by atoms with Crippen LogP contribution in [0.3, 0.4) is 0 Å². The molecule has 0 aliphatic heterocycles. The minimum Gasteiger partial charge on any atom is -0.391 e. The second kappa shape index (κ2) is 6.10. The molecule has 0 radical (unpaired) electrons. The van der Waals surface area contributed by atoms with Crippen LogP contribution in [-0.2, 0) is 0 Å². The van der Waals surface area contributed by atoms with Crippen LogP contribution in [0.15, 0.2) is 42.9 Å². The van der Waals surface area contributed by atoms with Crippen molar-refractivity contribution in [2.24, 2.45) is 5.41 Å². The highest BCUT2D eigenvalue weighted by molar-refractivity contribution is 5.93. The summed E-state index contributed by atoms with van der Waals surface area (Å²) in [5.41, 5.74) is 0.219. The molecular weight excluding hydrogens is 266 g/mol. The van der Waals surface area contributed by atoms with Gasteiger partial charge in [0.2, 0.25) is 0 Å². The van der Waals surface area contributed by atoms with E-state index in [9.17, 15) is 9.90 Å². The Balaban J connectivity index is 1.97. The maximum atomic E-state index is 12.0. The molecule has 2 aromatic heterocycles. The summed E-state index contributed by atoms with van der Waals surface area (Å²) in [4.78, 5) is 16.3. The summed E-state index contributed by atoms with van der Waals surface area (Å²) in [7, 11) is 0. The van der Waals surface area contributed by atoms with Crippen LogP contribution in [0.4, 0.5) is 0 Å². The average molecular weight is 287 g/mol. The Morgan fingerprint density at radius 2 is 2.00 bits per heavy atom. The van der Waals surface area contributed by atoms with Crippen LogP contribution in [0.1, 0.15) is 31.1 Å². The van der Waals surface area contributed by atoms with E-state index in [0.29, 0.717) is 5.56 Å². The number of aromatic nitrogens is 2. The van der Waals surface area contributed by atoms with Crippen LogP contribution >= 0.6 is 0 Å². The number of rotatable bonds is 4. The normalized spacial score (nSPS) is 13.0. The zero-order valence-corrected chi connectivity index (χ0v) is 12.6. The number of hydrogen-bond acceptors (Lipinski definition) is 3. The summed E-state index contributed by atoms with van der Waals surface area (Å²) in [6.45, 7) is 6.01. The Morgan fingerprint density at radius 1 is 1.33 bits per heavy atom. The first-order valence-electron chi connectivity index (χ1n) is 6.93. The molecule has 0 spiro atoms. The van der Waals surface area contributed by atoms with E-state index in [0.717, 1.165) is 5.82 Å². The van der Waals surface area contributed by atoms with Crippen molar-refractivity contribution in [2.75, 3.05) is 6.54 Å². The van der Waals surface area contributed by atoms with Crippen LogP contribution in [0, 0.1) is 5.41 Å². The van der Waals surface area contributed by atoms with Crippen LogP contribution in [0.25, 0.3) is 5.82 Å². The molecule has 2 rings (SSSR count). The highest BCUT2D eigenvalue weighted by Crippen LogP contribution is 2.18. The van der Waals surface area contributed by atoms with Gasteiger partial charge in [-0.3, -0.25) is 4.79 Å². The highest BCUT2D eigenvalue weighted by atomic mass is 16.3. The second-order valence-electron chi connectivity index (χ2n) is 6.09. The lowest BCUT2D eigenvalue weighted by Crippen LogP contribution is -2.39. The summed E-state index contributed by atoms with van der Waals surface area (Å²) < 4.78 is 1.87. The van der Waals surface area contributed by atoms with Gasteiger partial charge in [-0.2, -0.15) is 0 Å². The first-order chi connectivity index (χ1) is 9.88. The molecule has 0 saturated carbocycles. The third-order valence-corrected chi connectivity index (χ3v) is 3.33. The maximum absolute atomic E-state index is 12.0. The van der Waals surface area contributed by atoms with E-state index in [-0.39, 0.29) is 17.9 Å². The van der Waals surface area contributed by atoms with Gasteiger partial charge in [0, 0.05) is 25.1 Å². The fraction of sp³-hybridized carbons (Fsp3) is 0.375. The number of aliphatic hydroxyl groups is 1. The Morgan fingerprint density at radius 3 is 2.52 bits per heavy atom. The van der Waals surface area contributed by atoms with E-state index in [1.54, 1.807) is 12.1 Å². The van der Waals surface area contributed by atoms with Crippen molar-refractivity contribution in [1.82, 2.24) is 14.9 Å². The molecule has 2 N–H and O–H groups in total. The molecule has 5 nitrogen and oxygen atoms in total. The predicted molar refractivity (Wildman–Crippen MR) is 81.4 cm³/mol. The van der Waals surface area contributed by atoms with Gasteiger partial charge in [-0.1, -0.05) is 20.8 Å². The van der Waals surface area contributed by atoms with Gasteiger partial charge >= 0.3 is 0 Å². The molecular formula is C16H21N3O2. The van der Waals surface area contributed by atoms with E-state index >= 15 is 0 Å². The van der Waals surface area contributed by atoms with Gasteiger partial charge in [0.1, 0.15) is 5.82 Å². The molecule has 5 heteroatoms. The predicted octanol–water partition coefficient (Wildman–Crippen LogP) is 2.01. The molecule has 1 unspecified atom stereocenters.